The van der Waals surface area contributed by atoms with Crippen LogP contribution >= 0.6 is 11.6 Å². The van der Waals surface area contributed by atoms with E-state index in [9.17, 15) is 0 Å². The van der Waals surface area contributed by atoms with Gasteiger partial charge in [0.05, 0.1) is 22.0 Å². The zero-order valence-corrected chi connectivity index (χ0v) is 12.1. The number of ether oxygens (including phenoxy) is 1. The fourth-order valence-corrected chi connectivity index (χ4v) is 2.23. The monoisotopic (exact) mass is 290 g/mol. The van der Waals surface area contributed by atoms with Crippen LogP contribution in [0, 0.1) is 11.3 Å². The van der Waals surface area contributed by atoms with Gasteiger partial charge in [-0.2, -0.15) is 10.4 Å². The van der Waals surface area contributed by atoms with E-state index in [2.05, 4.69) is 11.2 Å². The van der Waals surface area contributed by atoms with Gasteiger partial charge in [0, 0.05) is 12.7 Å². The predicted octanol–water partition coefficient (Wildman–Crippen LogP) is 2.67. The van der Waals surface area contributed by atoms with E-state index in [1.165, 1.54) is 0 Å². The van der Waals surface area contributed by atoms with Crippen molar-refractivity contribution in [1.29, 1.82) is 5.26 Å². The Morgan fingerprint density at radius 1 is 1.50 bits per heavy atom. The average Bonchev–Trinajstić information content (AvgIpc) is 2.72. The van der Waals surface area contributed by atoms with E-state index in [0.717, 1.165) is 17.8 Å². The topological polar surface area (TPSA) is 76.9 Å². The fourth-order valence-electron chi connectivity index (χ4n) is 1.88. The minimum Gasteiger partial charge on any atom is -0.486 e. The second-order valence-electron chi connectivity index (χ2n) is 4.34. The molecule has 6 heteroatoms. The van der Waals surface area contributed by atoms with Crippen molar-refractivity contribution in [3.05, 3.63) is 40.2 Å². The first kappa shape index (κ1) is 14.2. The lowest BCUT2D eigenvalue weighted by atomic mass is 10.2. The standard InChI is InChI=1S/C14H15ClN4O/c1-3-11-14(15)12(19(2)18-11)8-20-13-5-4-10(17)6-9(13)7-16/h4-6H,3,8,17H2,1-2H3. The van der Waals surface area contributed by atoms with Crippen LogP contribution in [-0.4, -0.2) is 9.78 Å². The molecule has 2 rings (SSSR count). The first-order chi connectivity index (χ1) is 9.56. The van der Waals surface area contributed by atoms with E-state index < -0.39 is 0 Å². The lowest BCUT2D eigenvalue weighted by Gasteiger charge is -2.09. The largest absolute Gasteiger partial charge is 0.486 e. The number of halogens is 1. The summed E-state index contributed by atoms with van der Waals surface area (Å²) in [5, 5.41) is 14.0. The number of nitrogens with two attached hydrogens (primary N) is 1. The van der Waals surface area contributed by atoms with Crippen LogP contribution in [0.2, 0.25) is 5.02 Å². The van der Waals surface area contributed by atoms with E-state index in [4.69, 9.17) is 27.3 Å². The minimum absolute atomic E-state index is 0.251. The smallest absolute Gasteiger partial charge is 0.137 e. The molecule has 0 unspecified atom stereocenters. The van der Waals surface area contributed by atoms with Crippen LogP contribution < -0.4 is 10.5 Å². The fraction of sp³-hybridized carbons (Fsp3) is 0.286. The van der Waals surface area contributed by atoms with Crippen molar-refractivity contribution >= 4 is 17.3 Å². The van der Waals surface area contributed by atoms with Gasteiger partial charge in [0.1, 0.15) is 18.4 Å². The molecule has 0 aliphatic rings. The number of hydrogen-bond acceptors (Lipinski definition) is 4. The third kappa shape index (κ3) is 2.70. The molecule has 0 fully saturated rings. The van der Waals surface area contributed by atoms with Crippen LogP contribution in [0.25, 0.3) is 0 Å². The number of aromatic nitrogens is 2. The van der Waals surface area contributed by atoms with Crippen LogP contribution in [0.5, 0.6) is 5.75 Å². The molecule has 0 amide bonds. The van der Waals surface area contributed by atoms with Crippen molar-refractivity contribution in [2.24, 2.45) is 7.05 Å². The Labute approximate surface area is 122 Å². The van der Waals surface area contributed by atoms with Gasteiger partial charge in [-0.3, -0.25) is 4.68 Å². The number of rotatable bonds is 4. The zero-order valence-electron chi connectivity index (χ0n) is 11.4. The summed E-state index contributed by atoms with van der Waals surface area (Å²) in [7, 11) is 1.82. The highest BCUT2D eigenvalue weighted by Crippen LogP contribution is 2.25. The molecule has 0 atom stereocenters. The van der Waals surface area contributed by atoms with Gasteiger partial charge in [0.25, 0.3) is 0 Å². The van der Waals surface area contributed by atoms with Crippen LogP contribution in [0.4, 0.5) is 5.69 Å². The molecule has 0 aliphatic heterocycles. The summed E-state index contributed by atoms with van der Waals surface area (Å²) in [6, 6.07) is 7.01. The Hall–Kier alpha value is -2.19. The molecule has 104 valence electrons. The van der Waals surface area contributed by atoms with Crippen molar-refractivity contribution in [2.75, 3.05) is 5.73 Å². The van der Waals surface area contributed by atoms with Gasteiger partial charge in [-0.1, -0.05) is 18.5 Å². The maximum absolute atomic E-state index is 9.06. The number of anilines is 1. The average molecular weight is 291 g/mol. The van der Waals surface area contributed by atoms with Crippen molar-refractivity contribution in [3.8, 4) is 11.8 Å². The first-order valence-corrected chi connectivity index (χ1v) is 6.57. The van der Waals surface area contributed by atoms with Gasteiger partial charge in [-0.15, -0.1) is 0 Å². The first-order valence-electron chi connectivity index (χ1n) is 6.19. The van der Waals surface area contributed by atoms with Gasteiger partial charge in [-0.05, 0) is 24.6 Å². The molecule has 0 saturated heterocycles. The van der Waals surface area contributed by atoms with E-state index in [1.807, 2.05) is 14.0 Å². The molecule has 1 heterocycles. The minimum atomic E-state index is 0.251. The lowest BCUT2D eigenvalue weighted by Crippen LogP contribution is -2.04. The Morgan fingerprint density at radius 2 is 2.25 bits per heavy atom. The lowest BCUT2D eigenvalue weighted by molar-refractivity contribution is 0.294. The van der Waals surface area contributed by atoms with Crippen molar-refractivity contribution in [1.82, 2.24) is 9.78 Å². The molecule has 0 saturated carbocycles. The Kier molecular flexibility index (Phi) is 4.16. The number of benzene rings is 1. The van der Waals surface area contributed by atoms with Crippen LogP contribution in [0.3, 0.4) is 0 Å². The van der Waals surface area contributed by atoms with Gasteiger partial charge in [0.2, 0.25) is 0 Å². The summed E-state index contributed by atoms with van der Waals surface area (Å²) in [5.41, 5.74) is 8.19. The SMILES string of the molecule is CCc1nn(C)c(COc2ccc(N)cc2C#N)c1Cl. The quantitative estimate of drug-likeness (QED) is 0.878. The number of nitrogen functional groups attached to an aromatic ring is 1. The third-order valence-electron chi connectivity index (χ3n) is 2.99. The maximum atomic E-state index is 9.06. The maximum Gasteiger partial charge on any atom is 0.137 e. The molecule has 5 nitrogen and oxygen atoms in total. The van der Waals surface area contributed by atoms with Gasteiger partial charge >= 0.3 is 0 Å². The molecular formula is C14H15ClN4O. The number of nitrogens with zero attached hydrogens (tertiary/aromatic N) is 3. The summed E-state index contributed by atoms with van der Waals surface area (Å²) in [6.45, 7) is 2.24. The zero-order chi connectivity index (χ0) is 14.7. The normalized spacial score (nSPS) is 10.3. The summed E-state index contributed by atoms with van der Waals surface area (Å²) in [5.74, 6) is 0.483. The highest BCUT2D eigenvalue weighted by Gasteiger charge is 2.14. The summed E-state index contributed by atoms with van der Waals surface area (Å²) in [4.78, 5) is 0. The third-order valence-corrected chi connectivity index (χ3v) is 3.43. The van der Waals surface area contributed by atoms with E-state index >= 15 is 0 Å². The second-order valence-corrected chi connectivity index (χ2v) is 4.72. The molecule has 2 aromatic rings. The van der Waals surface area contributed by atoms with E-state index in [0.29, 0.717) is 22.0 Å². The number of nitriles is 1. The molecule has 0 bridgehead atoms. The van der Waals surface area contributed by atoms with Gasteiger partial charge in [-0.25, -0.2) is 0 Å². The van der Waals surface area contributed by atoms with Crippen LogP contribution in [-0.2, 0) is 20.1 Å². The molecule has 1 aromatic carbocycles. The molecule has 0 spiro atoms. The van der Waals surface area contributed by atoms with Crippen molar-refractivity contribution < 1.29 is 4.74 Å². The molecule has 0 radical (unpaired) electrons. The molecular weight excluding hydrogens is 276 g/mol. The molecule has 20 heavy (non-hydrogen) atoms. The Balaban J connectivity index is 2.22. The van der Waals surface area contributed by atoms with Crippen LogP contribution in [0.1, 0.15) is 23.9 Å². The van der Waals surface area contributed by atoms with E-state index in [-0.39, 0.29) is 6.61 Å². The molecule has 1 aromatic heterocycles. The molecule has 0 aliphatic carbocycles. The highest BCUT2D eigenvalue weighted by molar-refractivity contribution is 6.31. The van der Waals surface area contributed by atoms with Gasteiger partial charge < -0.3 is 10.5 Å². The Bertz CT molecular complexity index is 673. The van der Waals surface area contributed by atoms with E-state index in [1.54, 1.807) is 22.9 Å². The number of hydrogen-bond donors (Lipinski definition) is 1. The van der Waals surface area contributed by atoms with Crippen molar-refractivity contribution in [3.63, 3.8) is 0 Å². The summed E-state index contributed by atoms with van der Waals surface area (Å²) in [6.07, 6.45) is 0.762. The highest BCUT2D eigenvalue weighted by atomic mass is 35.5. The predicted molar refractivity (Wildman–Crippen MR) is 77.5 cm³/mol. The molecule has 2 N–H and O–H groups in total. The van der Waals surface area contributed by atoms with Crippen molar-refractivity contribution in [2.45, 2.75) is 20.0 Å². The van der Waals surface area contributed by atoms with Gasteiger partial charge in [0.15, 0.2) is 0 Å². The second kappa shape index (κ2) is 5.85. The summed E-state index contributed by atoms with van der Waals surface area (Å²) >= 11 is 6.25. The van der Waals surface area contributed by atoms with Crippen LogP contribution in [0.15, 0.2) is 18.2 Å². The summed E-state index contributed by atoms with van der Waals surface area (Å²) < 4.78 is 7.36. The Morgan fingerprint density at radius 3 is 2.85 bits per heavy atom. The number of aryl methyl sites for hydroxylation is 2.